The fourth-order valence-electron chi connectivity index (χ4n) is 3.77. The van der Waals surface area contributed by atoms with E-state index in [9.17, 15) is 4.39 Å². The molecule has 0 amide bonds. The third kappa shape index (κ3) is 5.63. The van der Waals surface area contributed by atoms with Gasteiger partial charge < -0.3 is 20.0 Å². The Morgan fingerprint density at radius 2 is 2.10 bits per heavy atom. The molecular formula is C24H28FN5O. The first-order valence-electron chi connectivity index (χ1n) is 10.7. The van der Waals surface area contributed by atoms with Crippen LogP contribution in [-0.2, 0) is 6.42 Å². The molecule has 1 fully saturated rings. The quantitative estimate of drug-likeness (QED) is 0.447. The minimum Gasteiger partial charge on any atom is -0.469 e. The molecule has 3 heterocycles. The Morgan fingerprint density at radius 3 is 2.87 bits per heavy atom. The largest absolute Gasteiger partial charge is 0.469 e. The van der Waals surface area contributed by atoms with Crippen molar-refractivity contribution in [3.63, 3.8) is 0 Å². The number of guanidine groups is 1. The van der Waals surface area contributed by atoms with Crippen LogP contribution in [0.2, 0.25) is 0 Å². The molecule has 7 heteroatoms. The van der Waals surface area contributed by atoms with Gasteiger partial charge in [0.25, 0.3) is 0 Å². The summed E-state index contributed by atoms with van der Waals surface area (Å²) in [6.45, 7) is 4.14. The molecule has 1 aliphatic heterocycles. The van der Waals surface area contributed by atoms with E-state index in [4.69, 9.17) is 9.41 Å². The van der Waals surface area contributed by atoms with Crippen molar-refractivity contribution in [1.29, 1.82) is 0 Å². The lowest BCUT2D eigenvalue weighted by Gasteiger charge is -2.22. The minimum atomic E-state index is -0.286. The van der Waals surface area contributed by atoms with Crippen LogP contribution in [0.4, 0.5) is 10.2 Å². The molecule has 0 aliphatic carbocycles. The normalized spacial score (nSPS) is 17.5. The zero-order valence-electron chi connectivity index (χ0n) is 17.7. The van der Waals surface area contributed by atoms with Crippen LogP contribution < -0.4 is 15.5 Å². The van der Waals surface area contributed by atoms with E-state index in [-0.39, 0.29) is 17.9 Å². The van der Waals surface area contributed by atoms with Gasteiger partial charge >= 0.3 is 0 Å². The first-order valence-corrected chi connectivity index (χ1v) is 10.7. The molecule has 2 aromatic heterocycles. The number of halogens is 1. The van der Waals surface area contributed by atoms with Crippen LogP contribution in [0.5, 0.6) is 0 Å². The SMILES string of the molecule is CC(NC(=NCCc1ccco1)NC1CCN(c2ncccc2F)C1)c1ccccc1. The van der Waals surface area contributed by atoms with Gasteiger partial charge in [-0.15, -0.1) is 0 Å². The predicted octanol–water partition coefficient (Wildman–Crippen LogP) is 3.93. The van der Waals surface area contributed by atoms with Gasteiger partial charge in [-0.2, -0.15) is 0 Å². The summed E-state index contributed by atoms with van der Waals surface area (Å²) < 4.78 is 19.5. The fourth-order valence-corrected chi connectivity index (χ4v) is 3.77. The Bertz CT molecular complexity index is 977. The maximum atomic E-state index is 14.1. The van der Waals surface area contributed by atoms with E-state index in [0.717, 1.165) is 31.1 Å². The molecule has 0 bridgehead atoms. The molecule has 6 nitrogen and oxygen atoms in total. The van der Waals surface area contributed by atoms with E-state index < -0.39 is 0 Å². The highest BCUT2D eigenvalue weighted by molar-refractivity contribution is 5.80. The monoisotopic (exact) mass is 421 g/mol. The van der Waals surface area contributed by atoms with Crippen molar-refractivity contribution >= 4 is 11.8 Å². The van der Waals surface area contributed by atoms with Crippen LogP contribution in [0, 0.1) is 5.82 Å². The summed E-state index contributed by atoms with van der Waals surface area (Å²) >= 11 is 0. The van der Waals surface area contributed by atoms with Crippen LogP contribution in [0.15, 0.2) is 76.5 Å². The van der Waals surface area contributed by atoms with Crippen LogP contribution in [0.3, 0.4) is 0 Å². The Kier molecular flexibility index (Phi) is 6.82. The minimum absolute atomic E-state index is 0.0989. The summed E-state index contributed by atoms with van der Waals surface area (Å²) in [4.78, 5) is 11.0. The summed E-state index contributed by atoms with van der Waals surface area (Å²) in [5.41, 5.74) is 1.19. The highest BCUT2D eigenvalue weighted by Crippen LogP contribution is 2.21. The molecule has 4 rings (SSSR count). The fraction of sp³-hybridized carbons (Fsp3) is 0.333. The number of nitrogens with one attached hydrogen (secondary N) is 2. The van der Waals surface area contributed by atoms with E-state index in [1.165, 1.54) is 11.6 Å². The zero-order chi connectivity index (χ0) is 21.5. The third-order valence-electron chi connectivity index (χ3n) is 5.43. The van der Waals surface area contributed by atoms with Gasteiger partial charge in [-0.25, -0.2) is 9.37 Å². The molecule has 0 spiro atoms. The third-order valence-corrected chi connectivity index (χ3v) is 5.43. The smallest absolute Gasteiger partial charge is 0.192 e. The van der Waals surface area contributed by atoms with Crippen molar-refractivity contribution in [2.45, 2.75) is 31.8 Å². The topological polar surface area (TPSA) is 65.7 Å². The van der Waals surface area contributed by atoms with Crippen LogP contribution in [0.1, 0.15) is 30.7 Å². The second kappa shape index (κ2) is 10.1. The molecule has 0 saturated carbocycles. The molecule has 2 N–H and O–H groups in total. The highest BCUT2D eigenvalue weighted by Gasteiger charge is 2.26. The molecule has 2 unspecified atom stereocenters. The Morgan fingerprint density at radius 1 is 1.23 bits per heavy atom. The van der Waals surface area contributed by atoms with Crippen LogP contribution in [0.25, 0.3) is 0 Å². The van der Waals surface area contributed by atoms with Crippen molar-refractivity contribution in [3.05, 3.63) is 84.2 Å². The second-order valence-corrected chi connectivity index (χ2v) is 7.72. The number of rotatable bonds is 7. The zero-order valence-corrected chi connectivity index (χ0v) is 17.7. The van der Waals surface area contributed by atoms with E-state index in [1.807, 2.05) is 35.2 Å². The van der Waals surface area contributed by atoms with Crippen molar-refractivity contribution < 1.29 is 8.81 Å². The molecule has 3 aromatic rings. The van der Waals surface area contributed by atoms with Crippen molar-refractivity contribution in [2.75, 3.05) is 24.5 Å². The lowest BCUT2D eigenvalue weighted by Crippen LogP contribution is -2.45. The average molecular weight is 422 g/mol. The maximum absolute atomic E-state index is 14.1. The van der Waals surface area contributed by atoms with Gasteiger partial charge in [-0.3, -0.25) is 4.99 Å². The number of aliphatic imine (C=N–C) groups is 1. The number of benzene rings is 1. The molecule has 0 radical (unpaired) electrons. The van der Waals surface area contributed by atoms with E-state index in [1.54, 1.807) is 18.5 Å². The Balaban J connectivity index is 1.41. The highest BCUT2D eigenvalue weighted by atomic mass is 19.1. The number of furan rings is 1. The van der Waals surface area contributed by atoms with Crippen LogP contribution in [-0.4, -0.2) is 36.6 Å². The van der Waals surface area contributed by atoms with Gasteiger partial charge in [0, 0.05) is 38.3 Å². The summed E-state index contributed by atoms with van der Waals surface area (Å²) in [7, 11) is 0. The standard InChI is InChI=1S/C24H28FN5O/c1-18(19-7-3-2-4-8-19)28-24(27-14-11-21-9-6-16-31-21)29-20-12-15-30(17-20)23-22(25)10-5-13-26-23/h2-10,13,16,18,20H,11-12,14-15,17H2,1H3,(H2,27,28,29). The molecule has 2 atom stereocenters. The summed E-state index contributed by atoms with van der Waals surface area (Å²) in [5, 5.41) is 7.04. The van der Waals surface area contributed by atoms with Crippen molar-refractivity contribution in [2.24, 2.45) is 4.99 Å². The summed E-state index contributed by atoms with van der Waals surface area (Å²) in [6.07, 6.45) is 4.92. The van der Waals surface area contributed by atoms with E-state index >= 15 is 0 Å². The van der Waals surface area contributed by atoms with E-state index in [0.29, 0.717) is 18.9 Å². The first-order chi connectivity index (χ1) is 15.2. The summed E-state index contributed by atoms with van der Waals surface area (Å²) in [5.74, 6) is 1.79. The van der Waals surface area contributed by atoms with Gasteiger partial charge in [0.05, 0.1) is 12.3 Å². The number of anilines is 1. The van der Waals surface area contributed by atoms with Gasteiger partial charge in [-0.05, 0) is 43.2 Å². The average Bonchev–Trinajstić information content (AvgIpc) is 3.47. The molecule has 1 aromatic carbocycles. The van der Waals surface area contributed by atoms with Gasteiger partial charge in [-0.1, -0.05) is 30.3 Å². The van der Waals surface area contributed by atoms with Gasteiger partial charge in [0.15, 0.2) is 17.6 Å². The molecule has 31 heavy (non-hydrogen) atoms. The van der Waals surface area contributed by atoms with E-state index in [2.05, 4.69) is 34.7 Å². The lowest BCUT2D eigenvalue weighted by molar-refractivity contribution is 0.510. The summed E-state index contributed by atoms with van der Waals surface area (Å²) in [6, 6.07) is 17.4. The molecule has 1 aliphatic rings. The number of aromatic nitrogens is 1. The molecule has 162 valence electrons. The van der Waals surface area contributed by atoms with Crippen molar-refractivity contribution in [3.8, 4) is 0 Å². The molecule has 1 saturated heterocycles. The maximum Gasteiger partial charge on any atom is 0.192 e. The molecular weight excluding hydrogens is 393 g/mol. The predicted molar refractivity (Wildman–Crippen MR) is 121 cm³/mol. The number of hydrogen-bond donors (Lipinski definition) is 2. The lowest BCUT2D eigenvalue weighted by atomic mass is 10.1. The number of pyridine rings is 1. The van der Waals surface area contributed by atoms with Crippen molar-refractivity contribution in [1.82, 2.24) is 15.6 Å². The van der Waals surface area contributed by atoms with Gasteiger partial charge in [0.1, 0.15) is 5.76 Å². The Labute approximate surface area is 182 Å². The Hall–Kier alpha value is -3.35. The second-order valence-electron chi connectivity index (χ2n) is 7.72. The van der Waals surface area contributed by atoms with Crippen LogP contribution >= 0.6 is 0 Å². The number of nitrogens with zero attached hydrogens (tertiary/aromatic N) is 3. The number of hydrogen-bond acceptors (Lipinski definition) is 4. The first kappa shape index (κ1) is 20.9. The van der Waals surface area contributed by atoms with Gasteiger partial charge in [0.2, 0.25) is 0 Å².